The van der Waals surface area contributed by atoms with Crippen LogP contribution in [0.4, 0.5) is 17.1 Å². The molecule has 4 bridgehead atoms. The highest BCUT2D eigenvalue weighted by atomic mass is 15.1. The molecule has 5 aromatic carbocycles. The molecule has 0 unspecified atom stereocenters. The van der Waals surface area contributed by atoms with Crippen molar-refractivity contribution in [3.05, 3.63) is 138 Å². The van der Waals surface area contributed by atoms with Crippen molar-refractivity contribution in [2.24, 2.45) is 23.7 Å². The minimum Gasteiger partial charge on any atom is -0.310 e. The summed E-state index contributed by atoms with van der Waals surface area (Å²) >= 11 is 0. The molecule has 232 valence electrons. The molecule has 0 aliphatic heterocycles. The van der Waals surface area contributed by atoms with E-state index in [-0.39, 0.29) is 10.8 Å². The molecular formula is C46H43N. The highest BCUT2D eigenvalue weighted by Gasteiger charge is 2.62. The van der Waals surface area contributed by atoms with Gasteiger partial charge in [0, 0.05) is 22.2 Å². The zero-order valence-corrected chi connectivity index (χ0v) is 27.3. The Kier molecular flexibility index (Phi) is 5.57. The molecule has 0 N–H and O–H groups in total. The van der Waals surface area contributed by atoms with E-state index in [1.165, 1.54) is 104 Å². The van der Waals surface area contributed by atoms with Gasteiger partial charge in [0.2, 0.25) is 0 Å². The number of rotatable bonds is 3. The van der Waals surface area contributed by atoms with Crippen molar-refractivity contribution in [3.63, 3.8) is 0 Å². The van der Waals surface area contributed by atoms with Crippen LogP contribution >= 0.6 is 0 Å². The highest BCUT2D eigenvalue weighted by molar-refractivity contribution is 5.92. The second-order valence-corrected chi connectivity index (χ2v) is 16.0. The number of anilines is 3. The molecule has 1 nitrogen and oxygen atoms in total. The van der Waals surface area contributed by atoms with Gasteiger partial charge in [-0.2, -0.15) is 0 Å². The third-order valence-corrected chi connectivity index (χ3v) is 14.0. The van der Waals surface area contributed by atoms with Gasteiger partial charge in [0.15, 0.2) is 0 Å². The third-order valence-electron chi connectivity index (χ3n) is 14.0. The van der Waals surface area contributed by atoms with E-state index in [9.17, 15) is 0 Å². The fraction of sp³-hybridized carbons (Fsp3) is 0.348. The fourth-order valence-corrected chi connectivity index (χ4v) is 12.7. The Labute approximate surface area is 279 Å². The van der Waals surface area contributed by atoms with Gasteiger partial charge >= 0.3 is 0 Å². The number of fused-ring (bicyclic) bond motifs is 8. The summed E-state index contributed by atoms with van der Waals surface area (Å²) in [5.74, 6) is 3.34. The maximum Gasteiger partial charge on any atom is 0.0509 e. The van der Waals surface area contributed by atoms with E-state index < -0.39 is 0 Å². The maximum atomic E-state index is 2.66. The average Bonchev–Trinajstić information content (AvgIpc) is 3.56. The number of benzene rings is 5. The molecule has 5 aromatic rings. The van der Waals surface area contributed by atoms with Gasteiger partial charge in [-0.15, -0.1) is 0 Å². The Morgan fingerprint density at radius 2 is 1.09 bits per heavy atom. The molecule has 0 aromatic heterocycles. The number of nitrogens with zero attached hydrogens (tertiary/aromatic N) is 1. The van der Waals surface area contributed by atoms with E-state index in [0.717, 1.165) is 23.7 Å². The van der Waals surface area contributed by atoms with Gasteiger partial charge in [0.05, 0.1) is 5.69 Å². The molecule has 7 aliphatic rings. The summed E-state index contributed by atoms with van der Waals surface area (Å²) in [5, 5.41) is 0. The van der Waals surface area contributed by atoms with Gasteiger partial charge in [0.25, 0.3) is 0 Å². The van der Waals surface area contributed by atoms with Crippen LogP contribution in [0.25, 0.3) is 22.3 Å². The minimum atomic E-state index is 0.112. The average molecular weight is 610 g/mol. The molecule has 7 aliphatic carbocycles. The summed E-state index contributed by atoms with van der Waals surface area (Å²) in [5.41, 5.74) is 16.6. The van der Waals surface area contributed by atoms with Crippen LogP contribution in [-0.4, -0.2) is 0 Å². The monoisotopic (exact) mass is 609 g/mol. The van der Waals surface area contributed by atoms with E-state index in [1.807, 2.05) is 0 Å². The first-order valence-electron chi connectivity index (χ1n) is 18.6. The van der Waals surface area contributed by atoms with Crippen LogP contribution in [0.2, 0.25) is 0 Å². The van der Waals surface area contributed by atoms with Crippen molar-refractivity contribution < 1.29 is 0 Å². The second-order valence-electron chi connectivity index (χ2n) is 16.0. The Hall–Kier alpha value is -4.10. The van der Waals surface area contributed by atoms with Crippen molar-refractivity contribution in [2.75, 3.05) is 4.90 Å². The van der Waals surface area contributed by atoms with Gasteiger partial charge in [-0.3, -0.25) is 0 Å². The molecule has 47 heavy (non-hydrogen) atoms. The summed E-state index contributed by atoms with van der Waals surface area (Å²) in [6.07, 6.45) is 13.6. The molecular weight excluding hydrogens is 567 g/mol. The van der Waals surface area contributed by atoms with Crippen LogP contribution in [0.3, 0.4) is 0 Å². The summed E-state index contributed by atoms with van der Waals surface area (Å²) < 4.78 is 0. The lowest BCUT2D eigenvalue weighted by atomic mass is 9.43. The van der Waals surface area contributed by atoms with Crippen molar-refractivity contribution in [1.29, 1.82) is 0 Å². The number of hydrogen-bond acceptors (Lipinski definition) is 1. The normalized spacial score (nSPS) is 28.3. The quantitative estimate of drug-likeness (QED) is 0.197. The van der Waals surface area contributed by atoms with Crippen molar-refractivity contribution in [3.8, 4) is 22.3 Å². The van der Waals surface area contributed by atoms with Crippen LogP contribution in [0.15, 0.2) is 115 Å². The molecule has 2 spiro atoms. The molecule has 5 saturated carbocycles. The van der Waals surface area contributed by atoms with E-state index in [2.05, 4.69) is 120 Å². The van der Waals surface area contributed by atoms with E-state index >= 15 is 0 Å². The Balaban J connectivity index is 1.16. The summed E-state index contributed by atoms with van der Waals surface area (Å²) in [7, 11) is 0. The lowest BCUT2D eigenvalue weighted by Crippen LogP contribution is -2.55. The number of hydrogen-bond donors (Lipinski definition) is 0. The molecule has 0 saturated heterocycles. The molecule has 0 amide bonds. The SMILES string of the molecule is c1ccc(N(c2ccc3c(c2)C2(CCCCC2)c2ccccc2-3)c2cccc3c2C2(c4ccccc4-3)C3CC4CC(C3)CC2C4)cc1. The predicted molar refractivity (Wildman–Crippen MR) is 194 cm³/mol. The largest absolute Gasteiger partial charge is 0.310 e. The van der Waals surface area contributed by atoms with Crippen LogP contribution in [-0.2, 0) is 10.8 Å². The van der Waals surface area contributed by atoms with E-state index in [0.29, 0.717) is 0 Å². The van der Waals surface area contributed by atoms with Gasteiger partial charge in [-0.05, 0) is 143 Å². The zero-order valence-electron chi connectivity index (χ0n) is 27.3. The number of para-hydroxylation sites is 1. The lowest BCUT2D eigenvalue weighted by Gasteiger charge is -2.61. The molecule has 12 rings (SSSR count). The Morgan fingerprint density at radius 3 is 1.83 bits per heavy atom. The van der Waals surface area contributed by atoms with Gasteiger partial charge in [0.1, 0.15) is 0 Å². The van der Waals surface area contributed by atoms with E-state index in [1.54, 1.807) is 22.3 Å². The zero-order chi connectivity index (χ0) is 30.7. The minimum absolute atomic E-state index is 0.112. The van der Waals surface area contributed by atoms with Crippen LogP contribution < -0.4 is 4.90 Å². The van der Waals surface area contributed by atoms with Crippen molar-refractivity contribution in [1.82, 2.24) is 0 Å². The maximum absolute atomic E-state index is 2.66. The van der Waals surface area contributed by atoms with Crippen LogP contribution in [0.1, 0.15) is 86.5 Å². The molecule has 0 heterocycles. The molecule has 0 atom stereocenters. The second kappa shape index (κ2) is 9.72. The first-order valence-corrected chi connectivity index (χ1v) is 18.6. The third kappa shape index (κ3) is 3.46. The topological polar surface area (TPSA) is 3.24 Å². The highest BCUT2D eigenvalue weighted by Crippen LogP contribution is 2.71. The summed E-state index contributed by atoms with van der Waals surface area (Å²) in [6, 6.07) is 45.0. The summed E-state index contributed by atoms with van der Waals surface area (Å²) in [6.45, 7) is 0. The van der Waals surface area contributed by atoms with Gasteiger partial charge in [-0.25, -0.2) is 0 Å². The van der Waals surface area contributed by atoms with Crippen molar-refractivity contribution >= 4 is 17.1 Å². The Morgan fingerprint density at radius 1 is 0.468 bits per heavy atom. The van der Waals surface area contributed by atoms with Crippen LogP contribution in [0, 0.1) is 23.7 Å². The smallest absolute Gasteiger partial charge is 0.0509 e. The first kappa shape index (κ1) is 26.9. The Bertz CT molecular complexity index is 2020. The standard InChI is InChI=1S/C46H43N/c1-3-12-34(13-4-1)47(35-20-21-38-36-14-5-7-17-40(36)45(42(38)29-35)22-9-2-10-23-45)43-19-11-16-39-37-15-6-8-18-41(37)46(44(39)43)32-25-30-24-31(27-32)28-33(46)26-30/h1,3-8,11-21,29-33H,2,9-10,22-28H2. The van der Waals surface area contributed by atoms with E-state index in [4.69, 9.17) is 0 Å². The molecule has 0 radical (unpaired) electrons. The van der Waals surface area contributed by atoms with Gasteiger partial charge < -0.3 is 4.90 Å². The lowest BCUT2D eigenvalue weighted by molar-refractivity contribution is -0.0397. The van der Waals surface area contributed by atoms with Crippen LogP contribution in [0.5, 0.6) is 0 Å². The molecule has 1 heteroatoms. The predicted octanol–water partition coefficient (Wildman–Crippen LogP) is 12.1. The first-order chi connectivity index (χ1) is 23.3. The summed E-state index contributed by atoms with van der Waals surface area (Å²) in [4.78, 5) is 2.66. The van der Waals surface area contributed by atoms with Gasteiger partial charge in [-0.1, -0.05) is 104 Å². The fourth-order valence-electron chi connectivity index (χ4n) is 12.7. The van der Waals surface area contributed by atoms with Crippen molar-refractivity contribution in [2.45, 2.75) is 75.0 Å². The molecule has 5 fully saturated rings.